The van der Waals surface area contributed by atoms with E-state index in [1.54, 1.807) is 0 Å². The predicted octanol–water partition coefficient (Wildman–Crippen LogP) is 10.4. The second kappa shape index (κ2) is 24.6. The molecular formula is C33H60N2O2. The first-order chi connectivity index (χ1) is 18.2. The smallest absolute Gasteiger partial charge is 0.123 e. The van der Waals surface area contributed by atoms with Gasteiger partial charge >= 0.3 is 0 Å². The molecule has 0 aromatic heterocycles. The molecule has 214 valence electrons. The van der Waals surface area contributed by atoms with Gasteiger partial charge in [0.05, 0.1) is 13.2 Å². The van der Waals surface area contributed by atoms with E-state index in [0.717, 1.165) is 24.3 Å². The van der Waals surface area contributed by atoms with Gasteiger partial charge in [-0.25, -0.2) is 0 Å². The van der Waals surface area contributed by atoms with Crippen LogP contribution in [0.1, 0.15) is 161 Å². The van der Waals surface area contributed by atoms with Crippen molar-refractivity contribution in [1.82, 2.24) is 0 Å². The van der Waals surface area contributed by atoms with Gasteiger partial charge in [-0.2, -0.15) is 0 Å². The number of hydrogen-bond acceptors (Lipinski definition) is 3. The van der Waals surface area contributed by atoms with E-state index in [9.17, 15) is 0 Å². The van der Waals surface area contributed by atoms with E-state index in [2.05, 4.69) is 13.8 Å². The molecule has 0 saturated heterocycles. The third-order valence-electron chi connectivity index (χ3n) is 7.22. The van der Waals surface area contributed by atoms with Gasteiger partial charge in [0.1, 0.15) is 17.3 Å². The summed E-state index contributed by atoms with van der Waals surface area (Å²) in [5, 5.41) is 7.84. The van der Waals surface area contributed by atoms with Crippen LogP contribution in [0.4, 0.5) is 0 Å². The van der Waals surface area contributed by atoms with E-state index < -0.39 is 0 Å². The van der Waals surface area contributed by atoms with E-state index in [4.69, 9.17) is 20.6 Å². The van der Waals surface area contributed by atoms with Gasteiger partial charge in [0.2, 0.25) is 0 Å². The summed E-state index contributed by atoms with van der Waals surface area (Å²) in [4.78, 5) is 0. The largest absolute Gasteiger partial charge is 0.493 e. The van der Waals surface area contributed by atoms with E-state index >= 15 is 0 Å². The van der Waals surface area contributed by atoms with Crippen LogP contribution in [0.25, 0.3) is 0 Å². The SMILES string of the molecule is CCCCCCCCCCCCCOc1cc(OCCCCCCCCCCCCC)cc(C(=N)N)c1. The van der Waals surface area contributed by atoms with Gasteiger partial charge in [0.15, 0.2) is 0 Å². The third-order valence-corrected chi connectivity index (χ3v) is 7.22. The van der Waals surface area contributed by atoms with Crippen LogP contribution in [0.3, 0.4) is 0 Å². The Labute approximate surface area is 230 Å². The Balaban J connectivity index is 2.14. The highest BCUT2D eigenvalue weighted by Gasteiger charge is 2.06. The number of unbranched alkanes of at least 4 members (excludes halogenated alkanes) is 20. The summed E-state index contributed by atoms with van der Waals surface area (Å²) >= 11 is 0. The van der Waals surface area contributed by atoms with Gasteiger partial charge in [0.25, 0.3) is 0 Å². The fourth-order valence-electron chi connectivity index (χ4n) is 4.81. The highest BCUT2D eigenvalue weighted by Crippen LogP contribution is 2.24. The van der Waals surface area contributed by atoms with Gasteiger partial charge in [-0.05, 0) is 25.0 Å². The van der Waals surface area contributed by atoms with Crippen molar-refractivity contribution in [3.63, 3.8) is 0 Å². The first-order valence-electron chi connectivity index (χ1n) is 15.9. The zero-order valence-electron chi connectivity index (χ0n) is 24.6. The first kappa shape index (κ1) is 33.3. The van der Waals surface area contributed by atoms with Crippen LogP contribution in [0.2, 0.25) is 0 Å². The van der Waals surface area contributed by atoms with Crippen molar-refractivity contribution in [2.24, 2.45) is 5.73 Å². The van der Waals surface area contributed by atoms with Crippen LogP contribution in [0, 0.1) is 5.41 Å². The summed E-state index contributed by atoms with van der Waals surface area (Å²) in [6.07, 6.45) is 29.2. The van der Waals surface area contributed by atoms with Gasteiger partial charge in [0, 0.05) is 11.6 Å². The topological polar surface area (TPSA) is 68.3 Å². The van der Waals surface area contributed by atoms with Crippen molar-refractivity contribution in [3.05, 3.63) is 23.8 Å². The molecular weight excluding hydrogens is 456 g/mol. The van der Waals surface area contributed by atoms with Gasteiger partial charge in [-0.3, -0.25) is 5.41 Å². The molecule has 4 nitrogen and oxygen atoms in total. The van der Waals surface area contributed by atoms with E-state index in [1.807, 2.05) is 18.2 Å². The Hall–Kier alpha value is -1.71. The monoisotopic (exact) mass is 516 g/mol. The predicted molar refractivity (Wildman–Crippen MR) is 161 cm³/mol. The summed E-state index contributed by atoms with van der Waals surface area (Å²) in [6.45, 7) is 5.96. The average molecular weight is 517 g/mol. The summed E-state index contributed by atoms with van der Waals surface area (Å²) in [5.74, 6) is 1.57. The second-order valence-corrected chi connectivity index (χ2v) is 10.9. The molecule has 0 spiro atoms. The lowest BCUT2D eigenvalue weighted by atomic mass is 10.1. The van der Waals surface area contributed by atoms with Crippen molar-refractivity contribution < 1.29 is 9.47 Å². The number of rotatable bonds is 27. The molecule has 0 aliphatic carbocycles. The Morgan fingerprint density at radius 3 is 1.11 bits per heavy atom. The number of benzene rings is 1. The molecule has 0 unspecified atom stereocenters. The standard InChI is InChI=1S/C33H60N2O2/c1-3-5-7-9-11-13-15-17-19-21-23-25-36-31-27-30(33(34)35)28-32(29-31)37-26-24-22-20-18-16-14-12-10-8-6-4-2/h27-29H,3-26H2,1-2H3,(H3,34,35). The molecule has 3 N–H and O–H groups in total. The molecule has 1 aromatic carbocycles. The second-order valence-electron chi connectivity index (χ2n) is 10.9. The minimum Gasteiger partial charge on any atom is -0.493 e. The van der Waals surface area contributed by atoms with Crippen molar-refractivity contribution in [2.75, 3.05) is 13.2 Å². The lowest BCUT2D eigenvalue weighted by Crippen LogP contribution is -2.12. The van der Waals surface area contributed by atoms with Crippen molar-refractivity contribution >= 4 is 5.84 Å². The summed E-state index contributed by atoms with van der Waals surface area (Å²) in [6, 6.07) is 5.66. The fraction of sp³-hybridized carbons (Fsp3) is 0.788. The summed E-state index contributed by atoms with van der Waals surface area (Å²) in [5.41, 5.74) is 6.43. The number of nitrogen functional groups attached to an aromatic ring is 1. The number of ether oxygens (including phenoxy) is 2. The van der Waals surface area contributed by atoms with Crippen LogP contribution in [-0.2, 0) is 0 Å². The number of amidine groups is 1. The maximum Gasteiger partial charge on any atom is 0.123 e. The van der Waals surface area contributed by atoms with Gasteiger partial charge in [-0.15, -0.1) is 0 Å². The molecule has 0 saturated carbocycles. The lowest BCUT2D eigenvalue weighted by molar-refractivity contribution is 0.289. The highest BCUT2D eigenvalue weighted by atomic mass is 16.5. The van der Waals surface area contributed by atoms with E-state index in [0.29, 0.717) is 18.8 Å². The highest BCUT2D eigenvalue weighted by molar-refractivity contribution is 5.95. The van der Waals surface area contributed by atoms with Crippen LogP contribution < -0.4 is 15.2 Å². The third kappa shape index (κ3) is 20.0. The van der Waals surface area contributed by atoms with Crippen molar-refractivity contribution in [1.29, 1.82) is 5.41 Å². The quantitative estimate of drug-likeness (QED) is 0.0694. The summed E-state index contributed by atoms with van der Waals surface area (Å²) in [7, 11) is 0. The van der Waals surface area contributed by atoms with Gasteiger partial charge < -0.3 is 15.2 Å². The maximum absolute atomic E-state index is 7.84. The normalized spacial score (nSPS) is 11.1. The van der Waals surface area contributed by atoms with Crippen LogP contribution in [0.5, 0.6) is 11.5 Å². The molecule has 0 aliphatic heterocycles. The maximum atomic E-state index is 7.84. The molecule has 0 bridgehead atoms. The molecule has 0 atom stereocenters. The zero-order valence-corrected chi connectivity index (χ0v) is 24.6. The molecule has 0 radical (unpaired) electrons. The lowest BCUT2D eigenvalue weighted by Gasteiger charge is -2.12. The molecule has 0 amide bonds. The zero-order chi connectivity index (χ0) is 26.8. The molecule has 0 fully saturated rings. The molecule has 37 heavy (non-hydrogen) atoms. The molecule has 1 rings (SSSR count). The average Bonchev–Trinajstić information content (AvgIpc) is 2.90. The van der Waals surface area contributed by atoms with Crippen LogP contribution in [-0.4, -0.2) is 19.0 Å². The van der Waals surface area contributed by atoms with E-state index in [-0.39, 0.29) is 5.84 Å². The molecule has 1 aromatic rings. The molecule has 0 heterocycles. The number of nitrogens with one attached hydrogen (secondary N) is 1. The Morgan fingerprint density at radius 1 is 0.514 bits per heavy atom. The summed E-state index contributed by atoms with van der Waals surface area (Å²) < 4.78 is 12.0. The molecule has 0 aliphatic rings. The van der Waals surface area contributed by atoms with Gasteiger partial charge in [-0.1, -0.05) is 142 Å². The minimum atomic E-state index is 0.0553. The van der Waals surface area contributed by atoms with Crippen LogP contribution in [0.15, 0.2) is 18.2 Å². The number of hydrogen-bond donors (Lipinski definition) is 2. The Morgan fingerprint density at radius 2 is 0.811 bits per heavy atom. The fourth-order valence-corrected chi connectivity index (χ4v) is 4.81. The Bertz CT molecular complexity index is 615. The number of nitrogens with two attached hydrogens (primary N) is 1. The van der Waals surface area contributed by atoms with Crippen LogP contribution >= 0.6 is 0 Å². The minimum absolute atomic E-state index is 0.0553. The van der Waals surface area contributed by atoms with Crippen molar-refractivity contribution in [2.45, 2.75) is 155 Å². The van der Waals surface area contributed by atoms with Crippen molar-refractivity contribution in [3.8, 4) is 11.5 Å². The van der Waals surface area contributed by atoms with E-state index in [1.165, 1.54) is 128 Å². The Kier molecular flexibility index (Phi) is 22.2. The molecule has 4 heteroatoms. The first-order valence-corrected chi connectivity index (χ1v) is 15.9.